The highest BCUT2D eigenvalue weighted by molar-refractivity contribution is 7.12. The fraction of sp³-hybridized carbons (Fsp3) is 0.455. The van der Waals surface area contributed by atoms with E-state index in [1.54, 1.807) is 31.2 Å². The molecule has 0 radical (unpaired) electrons. The monoisotopic (exact) mass is 457 g/mol. The second kappa shape index (κ2) is 10.2. The fourth-order valence-electron chi connectivity index (χ4n) is 3.80. The number of rotatable bonds is 8. The van der Waals surface area contributed by atoms with Crippen LogP contribution < -0.4 is 21.3 Å². The van der Waals surface area contributed by atoms with Gasteiger partial charge < -0.3 is 15.2 Å². The third kappa shape index (κ3) is 5.32. The molecule has 1 fully saturated rings. The zero-order valence-corrected chi connectivity index (χ0v) is 18.7. The summed E-state index contributed by atoms with van der Waals surface area (Å²) in [4.78, 5) is 27.8. The van der Waals surface area contributed by atoms with Crippen LogP contribution in [0.2, 0.25) is 0 Å². The third-order valence-corrected chi connectivity index (χ3v) is 6.43. The first-order chi connectivity index (χ1) is 15.5. The van der Waals surface area contributed by atoms with Crippen LogP contribution in [0, 0.1) is 6.92 Å². The average molecular weight is 458 g/mol. The van der Waals surface area contributed by atoms with E-state index in [9.17, 15) is 14.7 Å². The quantitative estimate of drug-likeness (QED) is 0.445. The molecule has 4 rings (SSSR count). The molecule has 2 heterocycles. The van der Waals surface area contributed by atoms with E-state index in [4.69, 9.17) is 4.74 Å². The number of benzene rings is 1. The Morgan fingerprint density at radius 2 is 2.06 bits per heavy atom. The fourth-order valence-corrected chi connectivity index (χ4v) is 4.57. The van der Waals surface area contributed by atoms with Crippen molar-refractivity contribution in [1.82, 2.24) is 19.4 Å². The van der Waals surface area contributed by atoms with Crippen molar-refractivity contribution in [2.24, 2.45) is 5.10 Å². The number of aryl methyl sites for hydroxylation is 1. The molecule has 170 valence electrons. The van der Waals surface area contributed by atoms with Gasteiger partial charge in [0, 0.05) is 12.6 Å². The second-order valence-corrected chi connectivity index (χ2v) is 8.81. The number of nitrogens with one attached hydrogen (secondary N) is 2. The zero-order chi connectivity index (χ0) is 22.5. The number of fused-ring (bicyclic) bond motifs is 1. The molecular formula is C22H27N5O4S. The number of aromatic amines is 1. The summed E-state index contributed by atoms with van der Waals surface area (Å²) in [6.07, 6.45) is 7.01. The Labute approximate surface area is 188 Å². The van der Waals surface area contributed by atoms with Crippen LogP contribution in [0.25, 0.3) is 10.2 Å². The zero-order valence-electron chi connectivity index (χ0n) is 17.9. The van der Waals surface area contributed by atoms with Gasteiger partial charge in [-0.2, -0.15) is 9.47 Å². The summed E-state index contributed by atoms with van der Waals surface area (Å²) in [5, 5.41) is 18.0. The van der Waals surface area contributed by atoms with Crippen LogP contribution in [0.15, 0.2) is 39.0 Å². The standard InChI is InChI=1S/C22H27N5O4S/c1-14-19-20(32-26-14)25-22(30)27(21(19)29)24-11-15-7-9-18(10-8-15)31-13-17(28)12-23-16-5-3-2-4-6-16/h7-11,16-17,23,28H,2-6,12-13H2,1H3,(H,25,30)/b24-11+/t17-/m0/s1. The lowest BCUT2D eigenvalue weighted by Gasteiger charge is -2.24. The van der Waals surface area contributed by atoms with E-state index in [1.807, 2.05) is 0 Å². The van der Waals surface area contributed by atoms with Crippen molar-refractivity contribution < 1.29 is 9.84 Å². The minimum absolute atomic E-state index is 0.200. The summed E-state index contributed by atoms with van der Waals surface area (Å²) >= 11 is 1.08. The van der Waals surface area contributed by atoms with Gasteiger partial charge in [-0.1, -0.05) is 19.3 Å². The van der Waals surface area contributed by atoms with E-state index in [2.05, 4.69) is 19.8 Å². The number of aliphatic hydroxyl groups excluding tert-OH is 1. The molecule has 1 atom stereocenters. The first-order valence-corrected chi connectivity index (χ1v) is 11.6. The molecule has 0 unspecified atom stereocenters. The molecular weight excluding hydrogens is 430 g/mol. The molecule has 1 aromatic carbocycles. The predicted octanol–water partition coefficient (Wildman–Crippen LogP) is 2.00. The Balaban J connectivity index is 1.33. The number of H-pyrrole nitrogens is 1. The lowest BCUT2D eigenvalue weighted by Crippen LogP contribution is -2.38. The molecule has 3 N–H and O–H groups in total. The van der Waals surface area contributed by atoms with Gasteiger partial charge in [-0.3, -0.25) is 9.78 Å². The summed E-state index contributed by atoms with van der Waals surface area (Å²) in [5.74, 6) is 0.621. The number of hydrogen-bond acceptors (Lipinski definition) is 8. The first kappa shape index (κ1) is 22.4. The van der Waals surface area contributed by atoms with Gasteiger partial charge in [0.1, 0.15) is 23.3 Å². The van der Waals surface area contributed by atoms with Crippen LogP contribution in [-0.4, -0.2) is 50.7 Å². The van der Waals surface area contributed by atoms with Gasteiger partial charge >= 0.3 is 5.69 Å². The minimum Gasteiger partial charge on any atom is -0.491 e. The Morgan fingerprint density at radius 1 is 1.31 bits per heavy atom. The lowest BCUT2D eigenvalue weighted by molar-refractivity contribution is 0.102. The van der Waals surface area contributed by atoms with Gasteiger partial charge in [-0.05, 0) is 61.1 Å². The first-order valence-electron chi connectivity index (χ1n) is 10.8. The largest absolute Gasteiger partial charge is 0.491 e. The predicted molar refractivity (Wildman–Crippen MR) is 125 cm³/mol. The SMILES string of the molecule is Cc1nsc2[nH]c(=O)n(/N=C/c3ccc(OC[C@@H](O)CNC4CCCCC4)cc3)c(=O)c12. The maximum atomic E-state index is 12.6. The van der Waals surface area contributed by atoms with E-state index < -0.39 is 17.4 Å². The summed E-state index contributed by atoms with van der Waals surface area (Å²) in [6.45, 7) is 2.43. The highest BCUT2D eigenvalue weighted by Crippen LogP contribution is 2.17. The summed E-state index contributed by atoms with van der Waals surface area (Å²) in [6, 6.07) is 7.54. The van der Waals surface area contributed by atoms with Crippen LogP contribution in [-0.2, 0) is 0 Å². The van der Waals surface area contributed by atoms with E-state index in [-0.39, 0.29) is 6.61 Å². The smallest absolute Gasteiger partial charge is 0.350 e. The van der Waals surface area contributed by atoms with Crippen LogP contribution >= 0.6 is 11.5 Å². The Bertz CT molecular complexity index is 1190. The normalized spacial score (nSPS) is 16.1. The highest BCUT2D eigenvalue weighted by atomic mass is 32.1. The average Bonchev–Trinajstić information content (AvgIpc) is 3.18. The summed E-state index contributed by atoms with van der Waals surface area (Å²) in [5.41, 5.74) is 0.150. The molecule has 0 spiro atoms. The molecule has 1 saturated carbocycles. The number of aliphatic hydroxyl groups is 1. The van der Waals surface area contributed by atoms with Crippen LogP contribution in [0.1, 0.15) is 43.4 Å². The van der Waals surface area contributed by atoms with E-state index in [0.717, 1.165) is 16.2 Å². The van der Waals surface area contributed by atoms with Crippen molar-refractivity contribution in [1.29, 1.82) is 0 Å². The Kier molecular flexibility index (Phi) is 7.13. The van der Waals surface area contributed by atoms with Gasteiger partial charge in [0.2, 0.25) is 0 Å². The van der Waals surface area contributed by atoms with Gasteiger partial charge in [0.05, 0.1) is 17.3 Å². The highest BCUT2D eigenvalue weighted by Gasteiger charge is 2.15. The second-order valence-electron chi connectivity index (χ2n) is 8.04. The number of nitrogens with zero attached hydrogens (tertiary/aromatic N) is 3. The van der Waals surface area contributed by atoms with Gasteiger partial charge in [-0.25, -0.2) is 4.79 Å². The van der Waals surface area contributed by atoms with Crippen molar-refractivity contribution in [3.63, 3.8) is 0 Å². The van der Waals surface area contributed by atoms with Crippen LogP contribution in [0.4, 0.5) is 0 Å². The molecule has 10 heteroatoms. The Hall–Kier alpha value is -2.82. The molecule has 0 saturated heterocycles. The van der Waals surface area contributed by atoms with Crippen molar-refractivity contribution in [2.45, 2.75) is 51.2 Å². The van der Waals surface area contributed by atoms with E-state index in [0.29, 0.717) is 39.8 Å². The maximum absolute atomic E-state index is 12.6. The molecule has 0 amide bonds. The van der Waals surface area contributed by atoms with Gasteiger partial charge in [0.25, 0.3) is 5.56 Å². The van der Waals surface area contributed by atoms with Crippen molar-refractivity contribution in [3.8, 4) is 5.75 Å². The molecule has 3 aromatic rings. The van der Waals surface area contributed by atoms with Crippen LogP contribution in [0.3, 0.4) is 0 Å². The molecule has 2 aromatic heterocycles. The van der Waals surface area contributed by atoms with Crippen molar-refractivity contribution in [2.75, 3.05) is 13.2 Å². The van der Waals surface area contributed by atoms with E-state index in [1.165, 1.54) is 38.3 Å². The molecule has 1 aliphatic carbocycles. The number of aromatic nitrogens is 3. The van der Waals surface area contributed by atoms with Gasteiger partial charge in [-0.15, -0.1) is 4.68 Å². The van der Waals surface area contributed by atoms with Gasteiger partial charge in [0.15, 0.2) is 0 Å². The van der Waals surface area contributed by atoms with Crippen molar-refractivity contribution in [3.05, 3.63) is 56.4 Å². The third-order valence-electron chi connectivity index (χ3n) is 5.57. The van der Waals surface area contributed by atoms with Crippen LogP contribution in [0.5, 0.6) is 5.75 Å². The Morgan fingerprint density at radius 3 is 2.81 bits per heavy atom. The maximum Gasteiger partial charge on any atom is 0.350 e. The topological polar surface area (TPSA) is 122 Å². The molecule has 0 aliphatic heterocycles. The number of ether oxygens (including phenoxy) is 1. The molecule has 9 nitrogen and oxygen atoms in total. The molecule has 1 aliphatic rings. The van der Waals surface area contributed by atoms with E-state index >= 15 is 0 Å². The minimum atomic E-state index is -0.613. The molecule has 0 bridgehead atoms. The van der Waals surface area contributed by atoms with Crippen molar-refractivity contribution >= 4 is 28.0 Å². The number of hydrogen-bond donors (Lipinski definition) is 3. The molecule has 32 heavy (non-hydrogen) atoms. The summed E-state index contributed by atoms with van der Waals surface area (Å²) in [7, 11) is 0. The lowest BCUT2D eigenvalue weighted by atomic mass is 9.95. The summed E-state index contributed by atoms with van der Waals surface area (Å²) < 4.78 is 10.6.